The summed E-state index contributed by atoms with van der Waals surface area (Å²) in [6, 6.07) is 3.78. The summed E-state index contributed by atoms with van der Waals surface area (Å²) in [5.74, 6) is 0. The maximum absolute atomic E-state index is 10.8. The van der Waals surface area contributed by atoms with E-state index in [1.54, 1.807) is 7.05 Å². The highest BCUT2D eigenvalue weighted by molar-refractivity contribution is 5.86. The average molecular weight is 193 g/mol. The molecular formula is C11H15NO2. The fourth-order valence-electron chi connectivity index (χ4n) is 1.41. The van der Waals surface area contributed by atoms with Gasteiger partial charge in [-0.1, -0.05) is 6.07 Å². The van der Waals surface area contributed by atoms with Gasteiger partial charge in [0.1, 0.15) is 0 Å². The molecule has 3 nitrogen and oxygen atoms in total. The molecule has 14 heavy (non-hydrogen) atoms. The summed E-state index contributed by atoms with van der Waals surface area (Å²) >= 11 is 0. The third-order valence-electron chi connectivity index (χ3n) is 2.68. The molecule has 1 rings (SSSR count). The molecular weight excluding hydrogens is 178 g/mol. The minimum Gasteiger partial charge on any atom is -0.465 e. The number of hydrogen-bond donors (Lipinski definition) is 1. The lowest BCUT2D eigenvalue weighted by Crippen LogP contribution is -2.24. The summed E-state index contributed by atoms with van der Waals surface area (Å²) in [6.45, 7) is 5.97. The van der Waals surface area contributed by atoms with Crippen molar-refractivity contribution in [2.45, 2.75) is 20.8 Å². The van der Waals surface area contributed by atoms with Crippen LogP contribution in [0.25, 0.3) is 0 Å². The fourth-order valence-corrected chi connectivity index (χ4v) is 1.41. The van der Waals surface area contributed by atoms with Crippen LogP contribution in [0.5, 0.6) is 0 Å². The molecule has 0 unspecified atom stereocenters. The molecule has 1 N–H and O–H groups in total. The molecule has 1 aromatic rings. The minimum absolute atomic E-state index is 0.751. The van der Waals surface area contributed by atoms with Crippen molar-refractivity contribution >= 4 is 11.8 Å². The highest BCUT2D eigenvalue weighted by Crippen LogP contribution is 2.24. The van der Waals surface area contributed by atoms with Gasteiger partial charge in [-0.15, -0.1) is 0 Å². The molecule has 0 radical (unpaired) electrons. The first-order valence-electron chi connectivity index (χ1n) is 4.48. The summed E-state index contributed by atoms with van der Waals surface area (Å²) < 4.78 is 0. The average Bonchev–Trinajstić information content (AvgIpc) is 2.13. The monoisotopic (exact) mass is 193 g/mol. The van der Waals surface area contributed by atoms with Crippen LogP contribution in [0.1, 0.15) is 16.7 Å². The maximum atomic E-state index is 10.8. The summed E-state index contributed by atoms with van der Waals surface area (Å²) in [4.78, 5) is 12.0. The number of amides is 1. The molecule has 0 saturated heterocycles. The lowest BCUT2D eigenvalue weighted by atomic mass is 10.0. The molecule has 0 aliphatic heterocycles. The second-order valence-corrected chi connectivity index (χ2v) is 3.49. The quantitative estimate of drug-likeness (QED) is 0.745. The Morgan fingerprint density at radius 3 is 2.29 bits per heavy atom. The van der Waals surface area contributed by atoms with Gasteiger partial charge in [0.15, 0.2) is 0 Å². The van der Waals surface area contributed by atoms with E-state index in [9.17, 15) is 4.79 Å². The Balaban J connectivity index is 3.24. The van der Waals surface area contributed by atoms with Crippen LogP contribution in [0.2, 0.25) is 0 Å². The number of anilines is 1. The topological polar surface area (TPSA) is 40.5 Å². The first kappa shape index (κ1) is 10.6. The Labute approximate surface area is 84.0 Å². The number of hydrogen-bond acceptors (Lipinski definition) is 1. The Morgan fingerprint density at radius 2 is 1.79 bits per heavy atom. The molecule has 1 amide bonds. The number of carboxylic acid groups (broad SMARTS) is 1. The third kappa shape index (κ3) is 1.71. The van der Waals surface area contributed by atoms with Crippen LogP contribution < -0.4 is 4.90 Å². The van der Waals surface area contributed by atoms with E-state index in [1.165, 1.54) is 10.5 Å². The van der Waals surface area contributed by atoms with E-state index in [1.807, 2.05) is 32.9 Å². The van der Waals surface area contributed by atoms with Crippen LogP contribution in [0.3, 0.4) is 0 Å². The minimum atomic E-state index is -0.934. The van der Waals surface area contributed by atoms with Gasteiger partial charge in [-0.3, -0.25) is 4.90 Å². The lowest BCUT2D eigenvalue weighted by molar-refractivity contribution is 0.203. The SMILES string of the molecule is Cc1ccc(N(C)C(=O)O)c(C)c1C. The van der Waals surface area contributed by atoms with Crippen molar-refractivity contribution < 1.29 is 9.90 Å². The van der Waals surface area contributed by atoms with Crippen LogP contribution in [-0.2, 0) is 0 Å². The predicted molar refractivity (Wildman–Crippen MR) is 57.1 cm³/mol. The van der Waals surface area contributed by atoms with Crippen molar-refractivity contribution in [1.29, 1.82) is 0 Å². The number of rotatable bonds is 1. The van der Waals surface area contributed by atoms with Crippen LogP contribution in [0.15, 0.2) is 12.1 Å². The zero-order valence-electron chi connectivity index (χ0n) is 8.96. The lowest BCUT2D eigenvalue weighted by Gasteiger charge is -2.18. The molecule has 0 bridgehead atoms. The normalized spacial score (nSPS) is 10.0. The van der Waals surface area contributed by atoms with Crippen LogP contribution in [-0.4, -0.2) is 18.2 Å². The molecule has 0 saturated carbocycles. The molecule has 0 spiro atoms. The van der Waals surface area contributed by atoms with Gasteiger partial charge in [0, 0.05) is 12.7 Å². The third-order valence-corrected chi connectivity index (χ3v) is 2.68. The predicted octanol–water partition coefficient (Wildman–Crippen LogP) is 2.73. The summed E-state index contributed by atoms with van der Waals surface area (Å²) in [5.41, 5.74) is 4.11. The van der Waals surface area contributed by atoms with Crippen molar-refractivity contribution in [3.05, 3.63) is 28.8 Å². The Hall–Kier alpha value is -1.51. The number of carbonyl (C=O) groups is 1. The number of aryl methyl sites for hydroxylation is 1. The van der Waals surface area contributed by atoms with Gasteiger partial charge in [0.2, 0.25) is 0 Å². The van der Waals surface area contributed by atoms with Crippen LogP contribution >= 0.6 is 0 Å². The molecule has 76 valence electrons. The first-order valence-corrected chi connectivity index (χ1v) is 4.48. The molecule has 3 heteroatoms. The fraction of sp³-hybridized carbons (Fsp3) is 0.364. The van der Waals surface area contributed by atoms with Gasteiger partial charge in [-0.05, 0) is 43.5 Å². The van der Waals surface area contributed by atoms with Crippen LogP contribution in [0.4, 0.5) is 10.5 Å². The van der Waals surface area contributed by atoms with E-state index in [2.05, 4.69) is 0 Å². The van der Waals surface area contributed by atoms with Gasteiger partial charge < -0.3 is 5.11 Å². The van der Waals surface area contributed by atoms with E-state index in [0.29, 0.717) is 0 Å². The van der Waals surface area contributed by atoms with Crippen molar-refractivity contribution in [2.24, 2.45) is 0 Å². The second kappa shape index (κ2) is 3.70. The first-order chi connectivity index (χ1) is 6.45. The largest absolute Gasteiger partial charge is 0.465 e. The van der Waals surface area contributed by atoms with Gasteiger partial charge >= 0.3 is 6.09 Å². The Bertz CT molecular complexity index is 372. The summed E-state index contributed by atoms with van der Waals surface area (Å²) in [5, 5.41) is 8.85. The van der Waals surface area contributed by atoms with Gasteiger partial charge in [0.05, 0.1) is 0 Å². The number of benzene rings is 1. The van der Waals surface area contributed by atoms with Gasteiger partial charge in [-0.2, -0.15) is 0 Å². The standard InChI is InChI=1S/C11H15NO2/c1-7-5-6-10(9(3)8(7)2)12(4)11(13)14/h5-6H,1-4H3,(H,13,14). The molecule has 1 aromatic carbocycles. The molecule has 0 fully saturated rings. The highest BCUT2D eigenvalue weighted by atomic mass is 16.4. The second-order valence-electron chi connectivity index (χ2n) is 3.49. The zero-order valence-corrected chi connectivity index (χ0v) is 8.96. The summed E-state index contributed by atoms with van der Waals surface area (Å²) in [7, 11) is 1.56. The molecule has 0 heterocycles. The number of nitrogens with zero attached hydrogens (tertiary/aromatic N) is 1. The van der Waals surface area contributed by atoms with Crippen molar-refractivity contribution in [2.75, 3.05) is 11.9 Å². The van der Waals surface area contributed by atoms with Gasteiger partial charge in [0.25, 0.3) is 0 Å². The van der Waals surface area contributed by atoms with E-state index in [-0.39, 0.29) is 0 Å². The smallest absolute Gasteiger partial charge is 0.411 e. The molecule has 0 atom stereocenters. The Kier molecular flexibility index (Phi) is 2.79. The zero-order chi connectivity index (χ0) is 10.9. The Morgan fingerprint density at radius 1 is 1.21 bits per heavy atom. The van der Waals surface area contributed by atoms with Crippen LogP contribution in [0, 0.1) is 20.8 Å². The van der Waals surface area contributed by atoms with E-state index < -0.39 is 6.09 Å². The molecule has 0 aromatic heterocycles. The highest BCUT2D eigenvalue weighted by Gasteiger charge is 2.12. The van der Waals surface area contributed by atoms with E-state index in [4.69, 9.17) is 5.11 Å². The van der Waals surface area contributed by atoms with Crippen molar-refractivity contribution in [1.82, 2.24) is 0 Å². The van der Waals surface area contributed by atoms with Crippen molar-refractivity contribution in [3.63, 3.8) is 0 Å². The van der Waals surface area contributed by atoms with Crippen molar-refractivity contribution in [3.8, 4) is 0 Å². The van der Waals surface area contributed by atoms with E-state index in [0.717, 1.165) is 16.8 Å². The van der Waals surface area contributed by atoms with Gasteiger partial charge in [-0.25, -0.2) is 4.79 Å². The molecule has 0 aliphatic rings. The maximum Gasteiger partial charge on any atom is 0.411 e. The summed E-state index contributed by atoms with van der Waals surface area (Å²) in [6.07, 6.45) is -0.934. The molecule has 0 aliphatic carbocycles. The van der Waals surface area contributed by atoms with E-state index >= 15 is 0 Å².